The Bertz CT molecular complexity index is 285. The van der Waals surface area contributed by atoms with E-state index in [4.69, 9.17) is 5.26 Å². The minimum absolute atomic E-state index is 0.296. The van der Waals surface area contributed by atoms with Gasteiger partial charge in [0.1, 0.15) is 0 Å². The molecule has 0 aromatic carbocycles. The minimum Gasteiger partial charge on any atom is -0.339 e. The van der Waals surface area contributed by atoms with E-state index in [1.54, 1.807) is 0 Å². The van der Waals surface area contributed by atoms with E-state index >= 15 is 0 Å². The zero-order valence-corrected chi connectivity index (χ0v) is 9.82. The van der Waals surface area contributed by atoms with Gasteiger partial charge in [0.15, 0.2) is 0 Å². The molecular formula is C13H20N2O. The highest BCUT2D eigenvalue weighted by Gasteiger charge is 2.33. The second-order valence-corrected chi connectivity index (χ2v) is 5.08. The van der Waals surface area contributed by atoms with Crippen LogP contribution in [0.4, 0.5) is 0 Å². The van der Waals surface area contributed by atoms with Crippen LogP contribution in [0.15, 0.2) is 0 Å². The van der Waals surface area contributed by atoms with Crippen LogP contribution in [0.3, 0.4) is 0 Å². The number of nitriles is 1. The molecule has 0 heterocycles. The van der Waals surface area contributed by atoms with Gasteiger partial charge in [0.2, 0.25) is 5.91 Å². The summed E-state index contributed by atoms with van der Waals surface area (Å²) in [5.74, 6) is 0.917. The van der Waals surface area contributed by atoms with Crippen LogP contribution < -0.4 is 0 Å². The molecule has 0 atom stereocenters. The van der Waals surface area contributed by atoms with Crippen molar-refractivity contribution in [2.24, 2.45) is 5.92 Å². The lowest BCUT2D eigenvalue weighted by atomic mass is 10.0. The van der Waals surface area contributed by atoms with Crippen LogP contribution >= 0.6 is 0 Å². The third kappa shape index (κ3) is 2.98. The van der Waals surface area contributed by atoms with Gasteiger partial charge in [-0.25, -0.2) is 0 Å². The maximum absolute atomic E-state index is 12.1. The first-order valence-corrected chi connectivity index (χ1v) is 6.47. The summed E-state index contributed by atoms with van der Waals surface area (Å²) < 4.78 is 0. The van der Waals surface area contributed by atoms with Gasteiger partial charge in [0.05, 0.1) is 12.5 Å². The van der Waals surface area contributed by atoms with Crippen LogP contribution in [0.2, 0.25) is 0 Å². The maximum Gasteiger partial charge on any atom is 0.223 e. The summed E-state index contributed by atoms with van der Waals surface area (Å²) in [4.78, 5) is 14.1. The third-order valence-electron chi connectivity index (χ3n) is 3.71. The molecule has 2 aliphatic rings. The second kappa shape index (κ2) is 5.34. The molecule has 1 amide bonds. The van der Waals surface area contributed by atoms with Crippen molar-refractivity contribution >= 4 is 5.91 Å². The van der Waals surface area contributed by atoms with E-state index in [9.17, 15) is 4.79 Å². The van der Waals surface area contributed by atoms with Gasteiger partial charge in [0.25, 0.3) is 0 Å². The first-order valence-electron chi connectivity index (χ1n) is 6.47. The van der Waals surface area contributed by atoms with Gasteiger partial charge in [-0.1, -0.05) is 12.8 Å². The van der Waals surface area contributed by atoms with Crippen molar-refractivity contribution in [2.75, 3.05) is 6.54 Å². The first-order chi connectivity index (χ1) is 7.81. The summed E-state index contributed by atoms with van der Waals surface area (Å²) in [6.07, 6.45) is 8.52. The fourth-order valence-corrected chi connectivity index (χ4v) is 2.65. The molecule has 2 aliphatic carbocycles. The summed E-state index contributed by atoms with van der Waals surface area (Å²) in [5, 5.41) is 8.60. The van der Waals surface area contributed by atoms with Gasteiger partial charge < -0.3 is 4.90 Å². The summed E-state index contributed by atoms with van der Waals surface area (Å²) in [6.45, 7) is 0.646. The molecule has 0 saturated heterocycles. The van der Waals surface area contributed by atoms with E-state index < -0.39 is 0 Å². The van der Waals surface area contributed by atoms with Crippen molar-refractivity contribution in [1.82, 2.24) is 4.90 Å². The lowest BCUT2D eigenvalue weighted by molar-refractivity contribution is -0.132. The largest absolute Gasteiger partial charge is 0.339 e. The van der Waals surface area contributed by atoms with Crippen LogP contribution in [0.5, 0.6) is 0 Å². The number of hydrogen-bond acceptors (Lipinski definition) is 2. The van der Waals surface area contributed by atoms with Gasteiger partial charge in [-0.15, -0.1) is 0 Å². The highest BCUT2D eigenvalue weighted by atomic mass is 16.2. The normalized spacial score (nSPS) is 20.7. The van der Waals surface area contributed by atoms with Crippen molar-refractivity contribution in [2.45, 2.75) is 57.4 Å². The number of hydrogen-bond donors (Lipinski definition) is 0. The standard InChI is InChI=1S/C13H20N2O/c14-8-3-9-15(12-6-7-12)13(16)10-11-4-1-2-5-11/h11-12H,1-7,9-10H2. The summed E-state index contributed by atoms with van der Waals surface area (Å²) in [7, 11) is 0. The number of rotatable bonds is 5. The molecule has 0 aromatic heterocycles. The van der Waals surface area contributed by atoms with Crippen molar-refractivity contribution in [1.29, 1.82) is 5.26 Å². The predicted molar refractivity (Wildman–Crippen MR) is 61.5 cm³/mol. The quantitative estimate of drug-likeness (QED) is 0.714. The second-order valence-electron chi connectivity index (χ2n) is 5.08. The molecule has 2 saturated carbocycles. The molecule has 0 aromatic rings. The molecule has 2 fully saturated rings. The van der Waals surface area contributed by atoms with Gasteiger partial charge >= 0.3 is 0 Å². The predicted octanol–water partition coefficient (Wildman–Crippen LogP) is 2.47. The number of carbonyl (C=O) groups is 1. The molecule has 2 rings (SSSR count). The molecule has 3 nitrogen and oxygen atoms in total. The molecular weight excluding hydrogens is 200 g/mol. The van der Waals surface area contributed by atoms with Crippen LogP contribution in [-0.4, -0.2) is 23.4 Å². The Balaban J connectivity index is 1.81. The number of amides is 1. The van der Waals surface area contributed by atoms with Crippen LogP contribution in [-0.2, 0) is 4.79 Å². The highest BCUT2D eigenvalue weighted by Crippen LogP contribution is 2.31. The van der Waals surface area contributed by atoms with E-state index in [2.05, 4.69) is 6.07 Å². The van der Waals surface area contributed by atoms with E-state index in [1.807, 2.05) is 4.90 Å². The highest BCUT2D eigenvalue weighted by molar-refractivity contribution is 5.77. The summed E-state index contributed by atoms with van der Waals surface area (Å²) in [5.41, 5.74) is 0. The van der Waals surface area contributed by atoms with Gasteiger partial charge in [0, 0.05) is 19.0 Å². The van der Waals surface area contributed by atoms with Crippen molar-refractivity contribution in [3.05, 3.63) is 0 Å². The molecule has 0 spiro atoms. The fourth-order valence-electron chi connectivity index (χ4n) is 2.65. The molecule has 88 valence electrons. The Labute approximate surface area is 97.4 Å². The maximum atomic E-state index is 12.1. The first kappa shape index (κ1) is 11.4. The van der Waals surface area contributed by atoms with E-state index in [0.717, 1.165) is 19.3 Å². The van der Waals surface area contributed by atoms with Crippen molar-refractivity contribution in [3.63, 3.8) is 0 Å². The third-order valence-corrected chi connectivity index (χ3v) is 3.71. The fraction of sp³-hybridized carbons (Fsp3) is 0.846. The minimum atomic E-state index is 0.296. The van der Waals surface area contributed by atoms with Crippen LogP contribution in [0, 0.1) is 17.2 Å². The Kier molecular flexibility index (Phi) is 3.82. The molecule has 16 heavy (non-hydrogen) atoms. The number of nitrogens with zero attached hydrogens (tertiary/aromatic N) is 2. The zero-order chi connectivity index (χ0) is 11.4. The van der Waals surface area contributed by atoms with Crippen molar-refractivity contribution in [3.8, 4) is 6.07 Å². The average Bonchev–Trinajstić information content (AvgIpc) is 2.98. The SMILES string of the molecule is N#CCCN(C(=O)CC1CCCC1)C1CC1. The van der Waals surface area contributed by atoms with E-state index in [0.29, 0.717) is 30.8 Å². The lowest BCUT2D eigenvalue weighted by Gasteiger charge is -2.22. The van der Waals surface area contributed by atoms with Gasteiger partial charge in [-0.05, 0) is 31.6 Å². The Morgan fingerprint density at radius 1 is 1.25 bits per heavy atom. The molecule has 0 unspecified atom stereocenters. The summed E-state index contributed by atoms with van der Waals surface area (Å²) in [6, 6.07) is 2.60. The Hall–Kier alpha value is -1.04. The monoisotopic (exact) mass is 220 g/mol. The molecule has 0 bridgehead atoms. The molecule has 0 N–H and O–H groups in total. The Morgan fingerprint density at radius 2 is 1.94 bits per heavy atom. The van der Waals surface area contributed by atoms with Crippen LogP contribution in [0.25, 0.3) is 0 Å². The lowest BCUT2D eigenvalue weighted by Crippen LogP contribution is -2.34. The van der Waals surface area contributed by atoms with Gasteiger partial charge in [-0.2, -0.15) is 5.26 Å². The Morgan fingerprint density at radius 3 is 2.50 bits per heavy atom. The molecule has 0 radical (unpaired) electrons. The molecule has 3 heteroatoms. The molecule has 0 aliphatic heterocycles. The zero-order valence-electron chi connectivity index (χ0n) is 9.82. The smallest absolute Gasteiger partial charge is 0.223 e. The average molecular weight is 220 g/mol. The van der Waals surface area contributed by atoms with Crippen molar-refractivity contribution < 1.29 is 4.79 Å². The van der Waals surface area contributed by atoms with Gasteiger partial charge in [-0.3, -0.25) is 4.79 Å². The topological polar surface area (TPSA) is 44.1 Å². The van der Waals surface area contributed by atoms with Crippen LogP contribution in [0.1, 0.15) is 51.4 Å². The summed E-state index contributed by atoms with van der Waals surface area (Å²) >= 11 is 0. The van der Waals surface area contributed by atoms with E-state index in [1.165, 1.54) is 25.7 Å². The number of carbonyl (C=O) groups excluding carboxylic acids is 1. The van der Waals surface area contributed by atoms with E-state index in [-0.39, 0.29) is 0 Å².